The highest BCUT2D eigenvalue weighted by molar-refractivity contribution is 6.03. The molecule has 1 aromatic carbocycles. The van der Waals surface area contributed by atoms with Gasteiger partial charge in [0, 0.05) is 18.5 Å². The average molecular weight is 330 g/mol. The predicted molar refractivity (Wildman–Crippen MR) is 93.3 cm³/mol. The molecular weight excluding hydrogens is 304 g/mol. The summed E-state index contributed by atoms with van der Waals surface area (Å²) < 4.78 is 0. The average Bonchev–Trinajstić information content (AvgIpc) is 2.77. The van der Waals surface area contributed by atoms with Crippen molar-refractivity contribution in [3.8, 4) is 0 Å². The second kappa shape index (κ2) is 8.08. The molecule has 1 aliphatic rings. The molecule has 1 aromatic rings. The summed E-state index contributed by atoms with van der Waals surface area (Å²) in [6, 6.07) is 7.47. The van der Waals surface area contributed by atoms with Crippen LogP contribution in [0, 0.1) is 17.8 Å². The van der Waals surface area contributed by atoms with Crippen LogP contribution in [-0.4, -0.2) is 17.7 Å². The molecule has 5 heteroatoms. The Bertz CT molecular complexity index is 608. The van der Waals surface area contributed by atoms with Crippen molar-refractivity contribution in [2.75, 3.05) is 5.32 Å². The monoisotopic (exact) mass is 330 g/mol. The number of imide groups is 1. The molecule has 2 N–H and O–H groups in total. The van der Waals surface area contributed by atoms with E-state index in [0.29, 0.717) is 24.7 Å². The SMILES string of the molecule is CC(C)C[C@H](C)CC(=O)Nc1ccc(C[C@H]2CC(=O)NC2=O)cc1. The van der Waals surface area contributed by atoms with Crippen molar-refractivity contribution in [3.63, 3.8) is 0 Å². The van der Waals surface area contributed by atoms with E-state index >= 15 is 0 Å². The van der Waals surface area contributed by atoms with Crippen molar-refractivity contribution in [3.05, 3.63) is 29.8 Å². The van der Waals surface area contributed by atoms with Gasteiger partial charge in [-0.15, -0.1) is 0 Å². The topological polar surface area (TPSA) is 75.3 Å². The quantitative estimate of drug-likeness (QED) is 0.755. The van der Waals surface area contributed by atoms with Gasteiger partial charge >= 0.3 is 0 Å². The number of nitrogens with one attached hydrogen (secondary N) is 2. The predicted octanol–water partition coefficient (Wildman–Crippen LogP) is 2.90. The largest absolute Gasteiger partial charge is 0.326 e. The van der Waals surface area contributed by atoms with E-state index in [4.69, 9.17) is 0 Å². The number of carbonyl (C=O) groups excluding carboxylic acids is 3. The van der Waals surface area contributed by atoms with Crippen molar-refractivity contribution in [1.29, 1.82) is 0 Å². The molecule has 0 unspecified atom stereocenters. The second-order valence-corrected chi connectivity index (χ2v) is 7.20. The van der Waals surface area contributed by atoms with Gasteiger partial charge in [-0.3, -0.25) is 19.7 Å². The lowest BCUT2D eigenvalue weighted by Gasteiger charge is -2.14. The fourth-order valence-corrected chi connectivity index (χ4v) is 3.20. The van der Waals surface area contributed by atoms with Crippen LogP contribution >= 0.6 is 0 Å². The van der Waals surface area contributed by atoms with E-state index in [1.54, 1.807) is 0 Å². The number of rotatable bonds is 7. The van der Waals surface area contributed by atoms with Crippen LogP contribution in [-0.2, 0) is 20.8 Å². The van der Waals surface area contributed by atoms with Crippen molar-refractivity contribution in [2.45, 2.75) is 46.5 Å². The Morgan fingerprint density at radius 1 is 1.21 bits per heavy atom. The number of hydrogen-bond donors (Lipinski definition) is 2. The van der Waals surface area contributed by atoms with Crippen molar-refractivity contribution < 1.29 is 14.4 Å². The van der Waals surface area contributed by atoms with Crippen molar-refractivity contribution in [1.82, 2.24) is 5.32 Å². The Morgan fingerprint density at radius 3 is 2.42 bits per heavy atom. The van der Waals surface area contributed by atoms with Gasteiger partial charge in [-0.1, -0.05) is 32.9 Å². The van der Waals surface area contributed by atoms with E-state index in [1.165, 1.54) is 0 Å². The molecule has 1 heterocycles. The minimum absolute atomic E-state index is 0.0247. The Balaban J connectivity index is 1.84. The highest BCUT2D eigenvalue weighted by atomic mass is 16.2. The second-order valence-electron chi connectivity index (χ2n) is 7.20. The van der Waals surface area contributed by atoms with Gasteiger partial charge in [0.25, 0.3) is 0 Å². The highest BCUT2D eigenvalue weighted by Gasteiger charge is 2.30. The summed E-state index contributed by atoms with van der Waals surface area (Å²) in [5.74, 6) is 0.293. The molecule has 2 rings (SSSR count). The Morgan fingerprint density at radius 2 is 1.88 bits per heavy atom. The summed E-state index contributed by atoms with van der Waals surface area (Å²) in [4.78, 5) is 34.8. The van der Waals surface area contributed by atoms with Gasteiger partial charge < -0.3 is 5.32 Å². The minimum Gasteiger partial charge on any atom is -0.326 e. The standard InChI is InChI=1S/C19H26N2O3/c1-12(2)8-13(3)9-17(22)20-16-6-4-14(5-7-16)10-15-11-18(23)21-19(15)24/h4-7,12-13,15H,8-11H2,1-3H3,(H,20,22)(H,21,23,24)/t13-,15-/m0/s1. The van der Waals surface area contributed by atoms with Crippen molar-refractivity contribution in [2.24, 2.45) is 17.8 Å². The van der Waals surface area contributed by atoms with Crippen LogP contribution in [0.1, 0.15) is 45.6 Å². The fourth-order valence-electron chi connectivity index (χ4n) is 3.20. The third-order valence-corrected chi connectivity index (χ3v) is 4.19. The van der Waals surface area contributed by atoms with Gasteiger partial charge in [0.05, 0.1) is 5.92 Å². The molecular formula is C19H26N2O3. The maximum atomic E-state index is 12.0. The van der Waals surface area contributed by atoms with Crippen LogP contribution in [0.3, 0.4) is 0 Å². The van der Waals surface area contributed by atoms with Crippen LogP contribution in [0.4, 0.5) is 5.69 Å². The van der Waals surface area contributed by atoms with Gasteiger partial charge in [-0.05, 0) is 42.4 Å². The summed E-state index contributed by atoms with van der Waals surface area (Å²) in [5, 5.41) is 5.23. The molecule has 130 valence electrons. The number of benzene rings is 1. The normalized spacial score (nSPS) is 18.6. The molecule has 0 saturated carbocycles. The number of hydrogen-bond acceptors (Lipinski definition) is 3. The molecule has 0 aliphatic carbocycles. The summed E-state index contributed by atoms with van der Waals surface area (Å²) in [5.41, 5.74) is 1.74. The van der Waals surface area contributed by atoms with Crippen LogP contribution in [0.15, 0.2) is 24.3 Å². The number of carbonyl (C=O) groups is 3. The Labute approximate surface area is 143 Å². The first kappa shape index (κ1) is 18.2. The lowest BCUT2D eigenvalue weighted by Crippen LogP contribution is -2.22. The molecule has 1 aliphatic heterocycles. The van der Waals surface area contributed by atoms with E-state index in [9.17, 15) is 14.4 Å². The molecule has 0 spiro atoms. The molecule has 24 heavy (non-hydrogen) atoms. The first-order chi connectivity index (χ1) is 11.3. The molecule has 5 nitrogen and oxygen atoms in total. The number of amides is 3. The Kier molecular flexibility index (Phi) is 6.12. The minimum atomic E-state index is -0.283. The number of anilines is 1. The zero-order valence-corrected chi connectivity index (χ0v) is 14.6. The molecule has 0 radical (unpaired) electrons. The lowest BCUT2D eigenvalue weighted by atomic mass is 9.95. The zero-order chi connectivity index (χ0) is 17.7. The van der Waals surface area contributed by atoms with Gasteiger partial charge in [-0.2, -0.15) is 0 Å². The van der Waals surface area contributed by atoms with E-state index in [0.717, 1.165) is 17.7 Å². The van der Waals surface area contributed by atoms with Crippen LogP contribution < -0.4 is 10.6 Å². The fraction of sp³-hybridized carbons (Fsp3) is 0.526. The molecule has 0 aromatic heterocycles. The smallest absolute Gasteiger partial charge is 0.230 e. The third kappa shape index (κ3) is 5.48. The maximum absolute atomic E-state index is 12.0. The van der Waals surface area contributed by atoms with Crippen LogP contribution in [0.2, 0.25) is 0 Å². The molecule has 1 saturated heterocycles. The third-order valence-electron chi connectivity index (χ3n) is 4.19. The van der Waals surface area contributed by atoms with E-state index in [-0.39, 0.29) is 30.1 Å². The summed E-state index contributed by atoms with van der Waals surface area (Å²) in [6.45, 7) is 6.41. The van der Waals surface area contributed by atoms with Gasteiger partial charge in [0.15, 0.2) is 0 Å². The maximum Gasteiger partial charge on any atom is 0.230 e. The highest BCUT2D eigenvalue weighted by Crippen LogP contribution is 2.20. The van der Waals surface area contributed by atoms with Gasteiger partial charge in [0.2, 0.25) is 17.7 Å². The summed E-state index contributed by atoms with van der Waals surface area (Å²) in [7, 11) is 0. The first-order valence-corrected chi connectivity index (χ1v) is 8.56. The molecule has 2 atom stereocenters. The Hall–Kier alpha value is -2.17. The zero-order valence-electron chi connectivity index (χ0n) is 14.6. The molecule has 3 amide bonds. The molecule has 1 fully saturated rings. The van der Waals surface area contributed by atoms with Crippen molar-refractivity contribution >= 4 is 23.4 Å². The van der Waals surface area contributed by atoms with E-state index in [1.807, 2.05) is 24.3 Å². The van der Waals surface area contributed by atoms with Gasteiger partial charge in [0.1, 0.15) is 0 Å². The molecule has 0 bridgehead atoms. The lowest BCUT2D eigenvalue weighted by molar-refractivity contribution is -0.125. The van der Waals surface area contributed by atoms with Gasteiger partial charge in [-0.25, -0.2) is 0 Å². The summed E-state index contributed by atoms with van der Waals surface area (Å²) in [6.07, 6.45) is 2.35. The van der Waals surface area contributed by atoms with E-state index in [2.05, 4.69) is 31.4 Å². The van der Waals surface area contributed by atoms with Crippen LogP contribution in [0.25, 0.3) is 0 Å². The van der Waals surface area contributed by atoms with E-state index < -0.39 is 0 Å². The first-order valence-electron chi connectivity index (χ1n) is 8.56. The van der Waals surface area contributed by atoms with Crippen LogP contribution in [0.5, 0.6) is 0 Å². The summed E-state index contributed by atoms with van der Waals surface area (Å²) >= 11 is 0.